The third kappa shape index (κ3) is 4.79. The van der Waals surface area contributed by atoms with Gasteiger partial charge in [0.2, 0.25) is 0 Å². The summed E-state index contributed by atoms with van der Waals surface area (Å²) >= 11 is 0. The number of methoxy groups -OCH3 is 1. The fraction of sp³-hybridized carbons (Fsp3) is 0.278. The molecule has 2 rings (SSSR count). The third-order valence-corrected chi connectivity index (χ3v) is 3.60. The van der Waals surface area contributed by atoms with Crippen LogP contribution in [0.3, 0.4) is 0 Å². The maximum Gasteiger partial charge on any atom is 0.419 e. The van der Waals surface area contributed by atoms with Crippen LogP contribution in [0, 0.1) is 5.82 Å². The van der Waals surface area contributed by atoms with Crippen LogP contribution in [0.25, 0.3) is 0 Å². The number of alkyl halides is 3. The Morgan fingerprint density at radius 2 is 1.76 bits per heavy atom. The summed E-state index contributed by atoms with van der Waals surface area (Å²) in [5, 5.41) is 0. The second-order valence-electron chi connectivity index (χ2n) is 5.37. The van der Waals surface area contributed by atoms with Gasteiger partial charge in [-0.05, 0) is 17.7 Å². The molecule has 0 fully saturated rings. The summed E-state index contributed by atoms with van der Waals surface area (Å²) in [5.41, 5.74) is -1.29. The molecule has 2 aromatic carbocycles. The zero-order valence-corrected chi connectivity index (χ0v) is 13.5. The van der Waals surface area contributed by atoms with Crippen molar-refractivity contribution in [2.75, 3.05) is 20.3 Å². The monoisotopic (exact) mass is 355 g/mol. The molecule has 1 amide bonds. The number of ether oxygens (including phenoxy) is 1. The molecule has 134 valence electrons. The molecule has 0 aromatic heterocycles. The maximum absolute atomic E-state index is 14.2. The van der Waals surface area contributed by atoms with Crippen molar-refractivity contribution in [1.29, 1.82) is 0 Å². The second kappa shape index (κ2) is 8.11. The molecule has 0 saturated heterocycles. The lowest BCUT2D eigenvalue weighted by atomic mass is 10.1. The minimum atomic E-state index is -4.86. The highest BCUT2D eigenvalue weighted by molar-refractivity contribution is 5.94. The minimum absolute atomic E-state index is 0.125. The Labute approximate surface area is 142 Å². The highest BCUT2D eigenvalue weighted by Gasteiger charge is 2.36. The van der Waals surface area contributed by atoms with E-state index < -0.39 is 29.0 Å². The Morgan fingerprint density at radius 1 is 1.08 bits per heavy atom. The average molecular weight is 355 g/mol. The summed E-state index contributed by atoms with van der Waals surface area (Å²) in [7, 11) is 1.44. The Hall–Kier alpha value is -2.41. The van der Waals surface area contributed by atoms with Crippen molar-refractivity contribution < 1.29 is 27.1 Å². The summed E-state index contributed by atoms with van der Waals surface area (Å²) in [5.74, 6) is -2.38. The van der Waals surface area contributed by atoms with E-state index in [0.29, 0.717) is 6.07 Å². The molecule has 0 aliphatic heterocycles. The van der Waals surface area contributed by atoms with Gasteiger partial charge >= 0.3 is 6.18 Å². The minimum Gasteiger partial charge on any atom is -0.383 e. The van der Waals surface area contributed by atoms with Crippen molar-refractivity contribution in [3.63, 3.8) is 0 Å². The lowest BCUT2D eigenvalue weighted by Crippen LogP contribution is -2.34. The number of nitrogens with zero attached hydrogens (tertiary/aromatic N) is 1. The molecule has 0 unspecified atom stereocenters. The first-order valence-electron chi connectivity index (χ1n) is 7.52. The second-order valence-corrected chi connectivity index (χ2v) is 5.37. The molecule has 0 radical (unpaired) electrons. The van der Waals surface area contributed by atoms with Crippen LogP contribution >= 0.6 is 0 Å². The number of halogens is 4. The van der Waals surface area contributed by atoms with Gasteiger partial charge < -0.3 is 9.64 Å². The third-order valence-electron chi connectivity index (χ3n) is 3.60. The number of carbonyl (C=O) groups is 1. The van der Waals surface area contributed by atoms with Gasteiger partial charge in [-0.15, -0.1) is 0 Å². The molecule has 0 heterocycles. The summed E-state index contributed by atoms with van der Waals surface area (Å²) in [6, 6.07) is 11.6. The van der Waals surface area contributed by atoms with E-state index in [2.05, 4.69) is 0 Å². The van der Waals surface area contributed by atoms with Gasteiger partial charge in [0.25, 0.3) is 5.91 Å². The van der Waals surface area contributed by atoms with Crippen LogP contribution in [-0.4, -0.2) is 31.1 Å². The zero-order valence-electron chi connectivity index (χ0n) is 13.5. The van der Waals surface area contributed by atoms with Gasteiger partial charge in [0, 0.05) is 20.2 Å². The van der Waals surface area contributed by atoms with E-state index >= 15 is 0 Å². The number of hydrogen-bond acceptors (Lipinski definition) is 2. The van der Waals surface area contributed by atoms with Crippen molar-refractivity contribution in [3.05, 3.63) is 71.0 Å². The van der Waals surface area contributed by atoms with E-state index in [9.17, 15) is 22.4 Å². The fourth-order valence-corrected chi connectivity index (χ4v) is 2.34. The van der Waals surface area contributed by atoms with E-state index in [1.165, 1.54) is 12.0 Å². The lowest BCUT2D eigenvalue weighted by Gasteiger charge is -2.23. The summed E-state index contributed by atoms with van der Waals surface area (Å²) in [6.07, 6.45) is -4.86. The summed E-state index contributed by atoms with van der Waals surface area (Å²) < 4.78 is 57.8. The van der Waals surface area contributed by atoms with Crippen LogP contribution in [0.1, 0.15) is 21.5 Å². The highest BCUT2D eigenvalue weighted by atomic mass is 19.4. The first-order valence-corrected chi connectivity index (χ1v) is 7.52. The van der Waals surface area contributed by atoms with E-state index in [4.69, 9.17) is 4.74 Å². The smallest absolute Gasteiger partial charge is 0.383 e. The van der Waals surface area contributed by atoms with Crippen LogP contribution in [0.5, 0.6) is 0 Å². The van der Waals surface area contributed by atoms with E-state index in [0.717, 1.165) is 17.7 Å². The zero-order chi connectivity index (χ0) is 18.4. The fourth-order valence-electron chi connectivity index (χ4n) is 2.34. The number of amides is 1. The summed E-state index contributed by atoms with van der Waals surface area (Å²) in [4.78, 5) is 13.9. The first kappa shape index (κ1) is 18.9. The first-order chi connectivity index (χ1) is 11.8. The van der Waals surface area contributed by atoms with Crippen molar-refractivity contribution in [2.45, 2.75) is 12.7 Å². The van der Waals surface area contributed by atoms with Crippen LogP contribution in [0.4, 0.5) is 17.6 Å². The molecule has 25 heavy (non-hydrogen) atoms. The van der Waals surface area contributed by atoms with Crippen molar-refractivity contribution >= 4 is 5.91 Å². The SMILES string of the molecule is COCCN(Cc1ccccc1)C(=O)c1cccc(C(F)(F)F)c1F. The van der Waals surface area contributed by atoms with Crippen LogP contribution in [0.2, 0.25) is 0 Å². The largest absolute Gasteiger partial charge is 0.419 e. The topological polar surface area (TPSA) is 29.5 Å². The number of hydrogen-bond donors (Lipinski definition) is 0. The molecule has 0 N–H and O–H groups in total. The van der Waals surface area contributed by atoms with Crippen LogP contribution in [-0.2, 0) is 17.5 Å². The Balaban J connectivity index is 2.33. The van der Waals surface area contributed by atoms with Gasteiger partial charge in [0.05, 0.1) is 17.7 Å². The van der Waals surface area contributed by atoms with E-state index in [-0.39, 0.29) is 19.7 Å². The van der Waals surface area contributed by atoms with Gasteiger partial charge in [-0.3, -0.25) is 4.79 Å². The molecule has 2 aromatic rings. The molecule has 7 heteroatoms. The lowest BCUT2D eigenvalue weighted by molar-refractivity contribution is -0.140. The standard InChI is InChI=1S/C18H17F4NO2/c1-25-11-10-23(12-13-6-3-2-4-7-13)17(24)14-8-5-9-15(16(14)19)18(20,21)22/h2-9H,10-12H2,1H3. The van der Waals surface area contributed by atoms with Gasteiger partial charge in [-0.25, -0.2) is 4.39 Å². The van der Waals surface area contributed by atoms with Crippen molar-refractivity contribution in [2.24, 2.45) is 0 Å². The molecule has 0 saturated carbocycles. The van der Waals surface area contributed by atoms with Gasteiger partial charge in [-0.2, -0.15) is 13.2 Å². The molecular weight excluding hydrogens is 338 g/mol. The van der Waals surface area contributed by atoms with Crippen molar-refractivity contribution in [1.82, 2.24) is 4.90 Å². The summed E-state index contributed by atoms with van der Waals surface area (Å²) in [6.45, 7) is 0.442. The quantitative estimate of drug-likeness (QED) is 0.729. The van der Waals surface area contributed by atoms with Gasteiger partial charge in [0.1, 0.15) is 5.82 Å². The molecule has 0 atom stereocenters. The van der Waals surface area contributed by atoms with E-state index in [1.54, 1.807) is 30.3 Å². The molecule has 0 aliphatic rings. The average Bonchev–Trinajstić information content (AvgIpc) is 2.58. The number of rotatable bonds is 6. The van der Waals surface area contributed by atoms with Gasteiger partial charge in [0.15, 0.2) is 0 Å². The predicted molar refractivity (Wildman–Crippen MR) is 84.5 cm³/mol. The Morgan fingerprint density at radius 3 is 2.36 bits per heavy atom. The Bertz CT molecular complexity index is 717. The van der Waals surface area contributed by atoms with E-state index in [1.807, 2.05) is 0 Å². The normalized spacial score (nSPS) is 11.4. The highest BCUT2D eigenvalue weighted by Crippen LogP contribution is 2.32. The number of carbonyl (C=O) groups excluding carboxylic acids is 1. The molecule has 0 aliphatic carbocycles. The van der Waals surface area contributed by atoms with Gasteiger partial charge in [-0.1, -0.05) is 36.4 Å². The van der Waals surface area contributed by atoms with Crippen LogP contribution < -0.4 is 0 Å². The van der Waals surface area contributed by atoms with Crippen molar-refractivity contribution in [3.8, 4) is 0 Å². The molecule has 3 nitrogen and oxygen atoms in total. The Kier molecular flexibility index (Phi) is 6.14. The number of benzene rings is 2. The molecule has 0 spiro atoms. The predicted octanol–water partition coefficient (Wildman–Crippen LogP) is 4.13. The molecule has 0 bridgehead atoms. The maximum atomic E-state index is 14.2. The van der Waals surface area contributed by atoms with Crippen LogP contribution in [0.15, 0.2) is 48.5 Å². The molecular formula is C18H17F4NO2.